The number of amides is 2. The summed E-state index contributed by atoms with van der Waals surface area (Å²) >= 11 is 0. The molecule has 1 aromatic carbocycles. The van der Waals surface area contributed by atoms with Crippen LogP contribution >= 0.6 is 0 Å². The van der Waals surface area contributed by atoms with Crippen molar-refractivity contribution in [3.63, 3.8) is 0 Å². The molecule has 1 aliphatic heterocycles. The van der Waals surface area contributed by atoms with E-state index >= 15 is 0 Å². The lowest BCUT2D eigenvalue weighted by molar-refractivity contribution is 0.214. The van der Waals surface area contributed by atoms with Gasteiger partial charge >= 0.3 is 6.03 Å². The molecule has 144 valence electrons. The van der Waals surface area contributed by atoms with Crippen LogP contribution in [0.5, 0.6) is 0 Å². The third kappa shape index (κ3) is 3.04. The molecule has 2 heterocycles. The van der Waals surface area contributed by atoms with Crippen molar-refractivity contribution in [2.24, 2.45) is 0 Å². The van der Waals surface area contributed by atoms with E-state index in [0.29, 0.717) is 19.1 Å². The average molecular weight is 367 g/mol. The molecule has 5 nitrogen and oxygen atoms in total. The van der Waals surface area contributed by atoms with E-state index in [9.17, 15) is 4.79 Å². The van der Waals surface area contributed by atoms with Crippen LogP contribution in [0.1, 0.15) is 44.7 Å². The quantitative estimate of drug-likeness (QED) is 0.866. The van der Waals surface area contributed by atoms with Crippen molar-refractivity contribution in [1.82, 2.24) is 14.5 Å². The lowest BCUT2D eigenvalue weighted by atomic mass is 9.81. The molecule has 2 aromatic rings. The second-order valence-electron chi connectivity index (χ2n) is 7.52. The molecule has 1 atom stereocenters. The van der Waals surface area contributed by atoms with E-state index in [0.717, 1.165) is 31.4 Å². The molecular weight excluding hydrogens is 336 g/mol. The van der Waals surface area contributed by atoms with E-state index in [1.807, 2.05) is 18.5 Å². The molecule has 2 amide bonds. The van der Waals surface area contributed by atoms with Crippen LogP contribution in [-0.2, 0) is 6.42 Å². The van der Waals surface area contributed by atoms with Gasteiger partial charge in [0.05, 0.1) is 5.52 Å². The first-order valence-corrected chi connectivity index (χ1v) is 10.3. The second-order valence-corrected chi connectivity index (χ2v) is 7.52. The molecule has 5 heteroatoms. The number of aromatic nitrogens is 1. The highest BCUT2D eigenvalue weighted by atomic mass is 16.2. The molecule has 0 bridgehead atoms. The van der Waals surface area contributed by atoms with Crippen LogP contribution in [0.3, 0.4) is 0 Å². The molecule has 0 saturated carbocycles. The number of carbonyl (C=O) groups is 1. The van der Waals surface area contributed by atoms with Gasteiger partial charge in [0.1, 0.15) is 0 Å². The number of hydrogen-bond acceptors (Lipinski definition) is 2. The van der Waals surface area contributed by atoms with Gasteiger partial charge in [-0.1, -0.05) is 25.1 Å². The summed E-state index contributed by atoms with van der Waals surface area (Å²) in [7, 11) is 0. The van der Waals surface area contributed by atoms with Gasteiger partial charge in [0.15, 0.2) is 0 Å². The van der Waals surface area contributed by atoms with E-state index in [4.69, 9.17) is 0 Å². The summed E-state index contributed by atoms with van der Waals surface area (Å²) in [4.78, 5) is 17.0. The van der Waals surface area contributed by atoms with Crippen molar-refractivity contribution in [3.05, 3.63) is 41.6 Å². The number of urea groups is 1. The van der Waals surface area contributed by atoms with Crippen LogP contribution in [0.4, 0.5) is 4.79 Å². The topological polar surface area (TPSA) is 40.5 Å². The summed E-state index contributed by atoms with van der Waals surface area (Å²) in [5.41, 5.74) is 8.33. The predicted molar refractivity (Wildman–Crippen MR) is 112 cm³/mol. The fourth-order valence-corrected chi connectivity index (χ4v) is 4.71. The van der Waals surface area contributed by atoms with Crippen LogP contribution < -0.4 is 5.43 Å². The molecule has 0 fully saturated rings. The summed E-state index contributed by atoms with van der Waals surface area (Å²) < 4.78 is 1.93. The lowest BCUT2D eigenvalue weighted by Crippen LogP contribution is -2.42. The van der Waals surface area contributed by atoms with Crippen LogP contribution in [-0.4, -0.2) is 52.7 Å². The molecule has 27 heavy (non-hydrogen) atoms. The minimum absolute atomic E-state index is 0.0441. The fourth-order valence-electron chi connectivity index (χ4n) is 4.71. The van der Waals surface area contributed by atoms with Gasteiger partial charge in [-0.3, -0.25) is 9.58 Å². The molecule has 1 aliphatic carbocycles. The van der Waals surface area contributed by atoms with Crippen LogP contribution in [0.15, 0.2) is 30.5 Å². The number of hydrogen-bond donors (Lipinski definition) is 1. The summed E-state index contributed by atoms with van der Waals surface area (Å²) in [6.07, 6.45) is 7.89. The molecule has 0 spiro atoms. The fraction of sp³-hybridized carbons (Fsp3) is 0.500. The predicted octanol–water partition coefficient (Wildman–Crippen LogP) is 4.07. The highest BCUT2D eigenvalue weighted by Crippen LogP contribution is 2.40. The monoisotopic (exact) mass is 366 g/mol. The normalized spacial score (nSPS) is 18.9. The first kappa shape index (κ1) is 18.1. The minimum atomic E-state index is -0.0441. The van der Waals surface area contributed by atoms with Crippen molar-refractivity contribution in [2.45, 2.75) is 46.1 Å². The Kier molecular flexibility index (Phi) is 4.96. The Labute approximate surface area is 161 Å². The lowest BCUT2D eigenvalue weighted by Gasteiger charge is -2.39. The number of nitrogens with zero attached hydrogens (tertiary/aromatic N) is 3. The standard InChI is InChI=1S/C22H30N4O/c1-4-12-25-13-8-10-17-18-9-7-11-19-21(18)16(14-20(17)25)15-26(19)23-22(27)24(5-2)6-3/h7,9-11,15,20H,4-6,8,12-14H2,1-3H3,(H,23,27)/t20-/m1/s1. The third-order valence-electron chi connectivity index (χ3n) is 5.99. The summed E-state index contributed by atoms with van der Waals surface area (Å²) in [5.74, 6) is 0. The van der Waals surface area contributed by atoms with Crippen molar-refractivity contribution >= 4 is 22.5 Å². The highest BCUT2D eigenvalue weighted by Gasteiger charge is 2.32. The maximum Gasteiger partial charge on any atom is 0.336 e. The van der Waals surface area contributed by atoms with Crippen molar-refractivity contribution in [1.29, 1.82) is 0 Å². The molecule has 0 saturated heterocycles. The Bertz CT molecular complexity index is 878. The third-order valence-corrected chi connectivity index (χ3v) is 5.99. The SMILES string of the molecule is CCCN1CCC=C2c3cccc4c3c(cn4NC(=O)N(CC)CC)C[C@H]21. The van der Waals surface area contributed by atoms with Gasteiger partial charge in [0, 0.05) is 37.3 Å². The van der Waals surface area contributed by atoms with Crippen LogP contribution in [0, 0.1) is 0 Å². The summed E-state index contributed by atoms with van der Waals surface area (Å²) in [5, 5.41) is 1.30. The van der Waals surface area contributed by atoms with Gasteiger partial charge in [-0.15, -0.1) is 0 Å². The Morgan fingerprint density at radius 2 is 2.07 bits per heavy atom. The molecular formula is C22H30N4O. The van der Waals surface area contributed by atoms with Gasteiger partial charge < -0.3 is 4.90 Å². The number of fused-ring (bicyclic) bond motifs is 2. The zero-order valence-corrected chi connectivity index (χ0v) is 16.7. The number of carbonyl (C=O) groups excluding carboxylic acids is 1. The number of benzene rings is 1. The van der Waals surface area contributed by atoms with E-state index in [-0.39, 0.29) is 6.03 Å². The highest BCUT2D eigenvalue weighted by molar-refractivity contribution is 5.99. The molecule has 4 rings (SSSR count). The van der Waals surface area contributed by atoms with E-state index in [2.05, 4.69) is 47.7 Å². The van der Waals surface area contributed by atoms with Gasteiger partial charge in [-0.25, -0.2) is 10.2 Å². The van der Waals surface area contributed by atoms with Crippen molar-refractivity contribution in [2.75, 3.05) is 31.6 Å². The molecule has 0 unspecified atom stereocenters. The maximum absolute atomic E-state index is 12.6. The van der Waals surface area contributed by atoms with Gasteiger partial charge in [0.25, 0.3) is 0 Å². The summed E-state index contributed by atoms with van der Waals surface area (Å²) in [6.45, 7) is 9.98. The van der Waals surface area contributed by atoms with E-state index in [1.54, 1.807) is 4.90 Å². The smallest absolute Gasteiger partial charge is 0.324 e. The van der Waals surface area contributed by atoms with Crippen LogP contribution in [0.25, 0.3) is 16.5 Å². The molecule has 0 radical (unpaired) electrons. The van der Waals surface area contributed by atoms with E-state index < -0.39 is 0 Å². The minimum Gasteiger partial charge on any atom is -0.324 e. The largest absolute Gasteiger partial charge is 0.336 e. The van der Waals surface area contributed by atoms with Gasteiger partial charge in [-0.05, 0) is 62.4 Å². The molecule has 1 aromatic heterocycles. The first-order chi connectivity index (χ1) is 13.2. The average Bonchev–Trinajstić information content (AvgIpc) is 3.02. The van der Waals surface area contributed by atoms with Crippen molar-refractivity contribution in [3.8, 4) is 0 Å². The Morgan fingerprint density at radius 1 is 1.26 bits per heavy atom. The molecule has 2 aliphatic rings. The summed E-state index contributed by atoms with van der Waals surface area (Å²) in [6, 6.07) is 6.89. The van der Waals surface area contributed by atoms with Gasteiger partial charge in [-0.2, -0.15) is 0 Å². The van der Waals surface area contributed by atoms with E-state index in [1.165, 1.54) is 28.5 Å². The Hall–Kier alpha value is -2.27. The maximum atomic E-state index is 12.6. The second kappa shape index (κ2) is 7.39. The Balaban J connectivity index is 1.74. The number of rotatable bonds is 5. The van der Waals surface area contributed by atoms with Crippen LogP contribution in [0.2, 0.25) is 0 Å². The van der Waals surface area contributed by atoms with Gasteiger partial charge in [0.2, 0.25) is 0 Å². The first-order valence-electron chi connectivity index (χ1n) is 10.3. The number of nitrogens with one attached hydrogen (secondary N) is 1. The zero-order valence-electron chi connectivity index (χ0n) is 16.7. The molecule has 1 N–H and O–H groups in total. The van der Waals surface area contributed by atoms with Crippen molar-refractivity contribution < 1.29 is 4.79 Å². The Morgan fingerprint density at radius 3 is 2.81 bits per heavy atom. The zero-order chi connectivity index (χ0) is 19.0.